The van der Waals surface area contributed by atoms with Crippen LogP contribution < -0.4 is 4.90 Å². The molecule has 88 valence electrons. The molecule has 0 radical (unpaired) electrons. The normalized spacial score (nSPS) is 19.7. The SMILES string of the molecule is N#Cc1ccc(N2CCC[C@@H](C(=O)O)C2)cc1. The number of carboxylic acids is 1. The second-order valence-electron chi connectivity index (χ2n) is 4.28. The largest absolute Gasteiger partial charge is 0.481 e. The van der Waals surface area contributed by atoms with Gasteiger partial charge in [-0.1, -0.05) is 0 Å². The quantitative estimate of drug-likeness (QED) is 0.842. The molecule has 0 saturated carbocycles. The molecule has 0 unspecified atom stereocenters. The summed E-state index contributed by atoms with van der Waals surface area (Å²) < 4.78 is 0. The summed E-state index contributed by atoms with van der Waals surface area (Å²) in [5, 5.41) is 17.7. The molecule has 17 heavy (non-hydrogen) atoms. The number of anilines is 1. The van der Waals surface area contributed by atoms with Gasteiger partial charge in [0, 0.05) is 18.8 Å². The smallest absolute Gasteiger partial charge is 0.308 e. The van der Waals surface area contributed by atoms with E-state index in [9.17, 15) is 4.79 Å². The zero-order valence-corrected chi connectivity index (χ0v) is 9.47. The monoisotopic (exact) mass is 230 g/mol. The van der Waals surface area contributed by atoms with Crippen LogP contribution in [-0.2, 0) is 4.79 Å². The van der Waals surface area contributed by atoms with Gasteiger partial charge in [-0.25, -0.2) is 0 Å². The summed E-state index contributed by atoms with van der Waals surface area (Å²) in [6, 6.07) is 9.35. The Labute approximate surface area is 100 Å². The van der Waals surface area contributed by atoms with E-state index in [2.05, 4.69) is 11.0 Å². The van der Waals surface area contributed by atoms with Gasteiger partial charge in [0.1, 0.15) is 0 Å². The molecule has 1 heterocycles. The van der Waals surface area contributed by atoms with E-state index in [0.29, 0.717) is 12.1 Å². The van der Waals surface area contributed by atoms with Gasteiger partial charge in [-0.3, -0.25) is 4.79 Å². The highest BCUT2D eigenvalue weighted by molar-refractivity contribution is 5.71. The number of carboxylic acid groups (broad SMARTS) is 1. The molecule has 1 aromatic rings. The second kappa shape index (κ2) is 4.88. The van der Waals surface area contributed by atoms with Crippen LogP contribution in [0.15, 0.2) is 24.3 Å². The number of nitriles is 1. The summed E-state index contributed by atoms with van der Waals surface area (Å²) in [6.07, 6.45) is 1.65. The van der Waals surface area contributed by atoms with E-state index in [-0.39, 0.29) is 5.92 Å². The van der Waals surface area contributed by atoms with E-state index in [4.69, 9.17) is 10.4 Å². The van der Waals surface area contributed by atoms with Crippen molar-refractivity contribution in [2.45, 2.75) is 12.8 Å². The first-order valence-corrected chi connectivity index (χ1v) is 5.68. The Kier molecular flexibility index (Phi) is 3.29. The summed E-state index contributed by atoms with van der Waals surface area (Å²) >= 11 is 0. The molecule has 4 nitrogen and oxygen atoms in total. The molecule has 1 fully saturated rings. The number of nitrogens with zero attached hydrogens (tertiary/aromatic N) is 2. The van der Waals surface area contributed by atoms with Gasteiger partial charge in [0.15, 0.2) is 0 Å². The Hall–Kier alpha value is -2.02. The zero-order chi connectivity index (χ0) is 12.3. The van der Waals surface area contributed by atoms with Crippen LogP contribution in [0, 0.1) is 17.2 Å². The van der Waals surface area contributed by atoms with Crippen LogP contribution >= 0.6 is 0 Å². The van der Waals surface area contributed by atoms with Crippen LogP contribution in [0.5, 0.6) is 0 Å². The van der Waals surface area contributed by atoms with Crippen molar-refractivity contribution in [2.24, 2.45) is 5.92 Å². The van der Waals surface area contributed by atoms with Crippen molar-refractivity contribution in [3.8, 4) is 6.07 Å². The van der Waals surface area contributed by atoms with E-state index in [1.807, 2.05) is 12.1 Å². The Balaban J connectivity index is 2.11. The van der Waals surface area contributed by atoms with E-state index in [1.165, 1.54) is 0 Å². The van der Waals surface area contributed by atoms with Crippen molar-refractivity contribution >= 4 is 11.7 Å². The Morgan fingerprint density at radius 2 is 2.12 bits per heavy atom. The van der Waals surface area contributed by atoms with Gasteiger partial charge in [0.05, 0.1) is 17.6 Å². The van der Waals surface area contributed by atoms with Crippen molar-refractivity contribution in [2.75, 3.05) is 18.0 Å². The van der Waals surface area contributed by atoms with Crippen molar-refractivity contribution in [3.05, 3.63) is 29.8 Å². The highest BCUT2D eigenvalue weighted by atomic mass is 16.4. The molecule has 0 spiro atoms. The third-order valence-electron chi connectivity index (χ3n) is 3.13. The number of carbonyl (C=O) groups is 1. The summed E-state index contributed by atoms with van der Waals surface area (Å²) in [6.45, 7) is 1.44. The van der Waals surface area contributed by atoms with Gasteiger partial charge in [0.25, 0.3) is 0 Å². The van der Waals surface area contributed by atoms with Gasteiger partial charge in [-0.2, -0.15) is 5.26 Å². The average Bonchev–Trinajstić information content (AvgIpc) is 2.39. The van der Waals surface area contributed by atoms with Crippen LogP contribution in [0.3, 0.4) is 0 Å². The molecule has 0 aliphatic carbocycles. The third kappa shape index (κ3) is 2.56. The van der Waals surface area contributed by atoms with Crippen LogP contribution in [0.1, 0.15) is 18.4 Å². The molecule has 1 aliphatic heterocycles. The molecule has 1 aromatic carbocycles. The van der Waals surface area contributed by atoms with Gasteiger partial charge < -0.3 is 10.0 Å². The van der Waals surface area contributed by atoms with Crippen LogP contribution in [0.2, 0.25) is 0 Å². The lowest BCUT2D eigenvalue weighted by atomic mass is 9.98. The first kappa shape index (κ1) is 11.5. The summed E-state index contributed by atoms with van der Waals surface area (Å²) in [7, 11) is 0. The maximum absolute atomic E-state index is 11.0. The molecule has 0 amide bonds. The Morgan fingerprint density at radius 1 is 1.41 bits per heavy atom. The second-order valence-corrected chi connectivity index (χ2v) is 4.28. The Morgan fingerprint density at radius 3 is 2.71 bits per heavy atom. The summed E-state index contributed by atoms with van der Waals surface area (Å²) in [5.41, 5.74) is 1.62. The fourth-order valence-electron chi connectivity index (χ4n) is 2.16. The van der Waals surface area contributed by atoms with E-state index < -0.39 is 5.97 Å². The van der Waals surface area contributed by atoms with Gasteiger partial charge in [-0.15, -0.1) is 0 Å². The lowest BCUT2D eigenvalue weighted by Gasteiger charge is -2.32. The fraction of sp³-hybridized carbons (Fsp3) is 0.385. The lowest BCUT2D eigenvalue weighted by molar-refractivity contribution is -0.141. The Bertz CT molecular complexity index is 447. The lowest BCUT2D eigenvalue weighted by Crippen LogP contribution is -2.38. The highest BCUT2D eigenvalue weighted by Gasteiger charge is 2.25. The summed E-state index contributed by atoms with van der Waals surface area (Å²) in [4.78, 5) is 13.0. The maximum atomic E-state index is 11.0. The van der Waals surface area contributed by atoms with Crippen LogP contribution in [0.25, 0.3) is 0 Å². The number of piperidine rings is 1. The third-order valence-corrected chi connectivity index (χ3v) is 3.13. The maximum Gasteiger partial charge on any atom is 0.308 e. The molecule has 1 atom stereocenters. The molecule has 1 N–H and O–H groups in total. The molecule has 2 rings (SSSR count). The van der Waals surface area contributed by atoms with Crippen LogP contribution in [-0.4, -0.2) is 24.2 Å². The zero-order valence-electron chi connectivity index (χ0n) is 9.47. The minimum absolute atomic E-state index is 0.278. The summed E-state index contributed by atoms with van der Waals surface area (Å²) in [5.74, 6) is -0.997. The van der Waals surface area contributed by atoms with Crippen molar-refractivity contribution in [3.63, 3.8) is 0 Å². The van der Waals surface area contributed by atoms with Crippen molar-refractivity contribution in [1.29, 1.82) is 5.26 Å². The van der Waals surface area contributed by atoms with Gasteiger partial charge in [0.2, 0.25) is 0 Å². The van der Waals surface area contributed by atoms with E-state index >= 15 is 0 Å². The van der Waals surface area contributed by atoms with E-state index in [0.717, 1.165) is 25.1 Å². The number of benzene rings is 1. The standard InChI is InChI=1S/C13H14N2O2/c14-8-10-3-5-12(6-4-10)15-7-1-2-11(9-15)13(16)17/h3-6,11H,1-2,7,9H2,(H,16,17)/t11-/m1/s1. The first-order valence-electron chi connectivity index (χ1n) is 5.68. The number of hydrogen-bond acceptors (Lipinski definition) is 3. The minimum Gasteiger partial charge on any atom is -0.481 e. The topological polar surface area (TPSA) is 64.3 Å². The van der Waals surface area contributed by atoms with Gasteiger partial charge >= 0.3 is 5.97 Å². The first-order chi connectivity index (χ1) is 8.20. The van der Waals surface area contributed by atoms with E-state index in [1.54, 1.807) is 12.1 Å². The highest BCUT2D eigenvalue weighted by Crippen LogP contribution is 2.23. The average molecular weight is 230 g/mol. The number of rotatable bonds is 2. The predicted octanol–water partition coefficient (Wildman–Crippen LogP) is 1.86. The van der Waals surface area contributed by atoms with Crippen LogP contribution in [0.4, 0.5) is 5.69 Å². The number of hydrogen-bond donors (Lipinski definition) is 1. The fourth-order valence-corrected chi connectivity index (χ4v) is 2.16. The number of aliphatic carboxylic acids is 1. The molecule has 4 heteroatoms. The molecule has 0 aromatic heterocycles. The molecular weight excluding hydrogens is 216 g/mol. The predicted molar refractivity (Wildman–Crippen MR) is 63.7 cm³/mol. The van der Waals surface area contributed by atoms with Gasteiger partial charge in [-0.05, 0) is 37.1 Å². The molecule has 1 saturated heterocycles. The molecular formula is C13H14N2O2. The van der Waals surface area contributed by atoms with Crippen molar-refractivity contribution in [1.82, 2.24) is 0 Å². The molecule has 1 aliphatic rings. The molecule has 0 bridgehead atoms. The van der Waals surface area contributed by atoms with Crippen molar-refractivity contribution < 1.29 is 9.90 Å². The minimum atomic E-state index is -0.719.